The highest BCUT2D eigenvalue weighted by molar-refractivity contribution is 5.93. The molecule has 4 aliphatic carbocycles. The Labute approximate surface area is 217 Å². The van der Waals surface area contributed by atoms with E-state index < -0.39 is 17.7 Å². The molecule has 0 spiro atoms. The largest absolute Gasteiger partial charge is 0.433 e. The minimum absolute atomic E-state index is 0.0351. The van der Waals surface area contributed by atoms with E-state index in [0.29, 0.717) is 23.2 Å². The summed E-state index contributed by atoms with van der Waals surface area (Å²) in [6.45, 7) is 2.64. The van der Waals surface area contributed by atoms with Gasteiger partial charge in [0, 0.05) is 43.3 Å². The Balaban J connectivity index is 1.13. The summed E-state index contributed by atoms with van der Waals surface area (Å²) in [5, 5.41) is 4.05. The molecular weight excluding hydrogens is 498 g/mol. The molecule has 3 aromatic rings. The fraction of sp³-hybridized carbons (Fsp3) is 0.536. The quantitative estimate of drug-likeness (QED) is 0.435. The average molecular weight is 528 g/mol. The lowest BCUT2D eigenvalue weighted by Crippen LogP contribution is -2.64. The molecule has 1 amide bonds. The van der Waals surface area contributed by atoms with Gasteiger partial charge in [0.1, 0.15) is 5.82 Å². The molecule has 0 atom stereocenters. The lowest BCUT2D eigenvalue weighted by atomic mass is 9.52. The van der Waals surface area contributed by atoms with E-state index in [4.69, 9.17) is 0 Å². The van der Waals surface area contributed by atoms with Gasteiger partial charge in [-0.25, -0.2) is 13.9 Å². The van der Waals surface area contributed by atoms with Crippen LogP contribution in [0.15, 0.2) is 36.4 Å². The molecule has 2 aromatic heterocycles. The molecule has 5 fully saturated rings. The first-order valence-electron chi connectivity index (χ1n) is 13.5. The Morgan fingerprint density at radius 1 is 0.895 bits per heavy atom. The van der Waals surface area contributed by atoms with Gasteiger partial charge in [-0.1, -0.05) is 0 Å². The molecule has 3 heterocycles. The fourth-order valence-corrected chi connectivity index (χ4v) is 8.05. The summed E-state index contributed by atoms with van der Waals surface area (Å²) in [4.78, 5) is 22.0. The maximum Gasteiger partial charge on any atom is 0.433 e. The van der Waals surface area contributed by atoms with Gasteiger partial charge in [-0.05, 0) is 86.6 Å². The van der Waals surface area contributed by atoms with Crippen molar-refractivity contribution in [1.82, 2.24) is 24.4 Å². The van der Waals surface area contributed by atoms with Crippen molar-refractivity contribution >= 4 is 11.6 Å². The number of hydrogen-bond acceptors (Lipinski definition) is 4. The first-order valence-corrected chi connectivity index (χ1v) is 13.5. The van der Waals surface area contributed by atoms with Crippen LogP contribution < -0.4 is 0 Å². The number of carbonyl (C=O) groups excluding carboxylic acids is 1. The van der Waals surface area contributed by atoms with Gasteiger partial charge in [-0.15, -0.1) is 0 Å². The van der Waals surface area contributed by atoms with Crippen molar-refractivity contribution in [2.24, 2.45) is 17.8 Å². The van der Waals surface area contributed by atoms with Crippen LogP contribution in [0.1, 0.15) is 54.7 Å². The predicted octanol–water partition coefficient (Wildman–Crippen LogP) is 5.28. The monoisotopic (exact) mass is 527 g/mol. The maximum absolute atomic E-state index is 13.9. The van der Waals surface area contributed by atoms with E-state index >= 15 is 0 Å². The first-order chi connectivity index (χ1) is 18.2. The number of benzene rings is 1. The second-order valence-electron chi connectivity index (χ2n) is 11.8. The van der Waals surface area contributed by atoms with E-state index in [1.54, 1.807) is 4.90 Å². The molecular formula is C28H29F4N5O. The third-order valence-corrected chi connectivity index (χ3v) is 9.32. The predicted molar refractivity (Wildman–Crippen MR) is 132 cm³/mol. The Hall–Kier alpha value is -3.01. The molecule has 1 saturated heterocycles. The number of rotatable bonds is 3. The molecule has 1 aromatic carbocycles. The third kappa shape index (κ3) is 3.99. The van der Waals surface area contributed by atoms with Gasteiger partial charge in [-0.3, -0.25) is 9.69 Å². The van der Waals surface area contributed by atoms with E-state index in [1.807, 2.05) is 0 Å². The minimum Gasteiger partial charge on any atom is -0.335 e. The summed E-state index contributed by atoms with van der Waals surface area (Å²) in [5.74, 6) is 1.65. The number of amides is 1. The molecule has 5 aliphatic rings. The van der Waals surface area contributed by atoms with Crippen LogP contribution in [-0.4, -0.2) is 62.0 Å². The van der Waals surface area contributed by atoms with Crippen LogP contribution in [-0.2, 0) is 6.18 Å². The van der Waals surface area contributed by atoms with E-state index in [9.17, 15) is 22.4 Å². The highest BCUT2D eigenvalue weighted by atomic mass is 19.4. The lowest BCUT2D eigenvalue weighted by Gasteiger charge is -2.61. The maximum atomic E-state index is 13.9. The van der Waals surface area contributed by atoms with Crippen LogP contribution in [0.4, 0.5) is 17.6 Å². The second-order valence-corrected chi connectivity index (χ2v) is 11.8. The molecule has 6 nitrogen and oxygen atoms in total. The van der Waals surface area contributed by atoms with Crippen molar-refractivity contribution in [3.05, 3.63) is 53.6 Å². The van der Waals surface area contributed by atoms with E-state index in [1.165, 1.54) is 68.9 Å². The minimum atomic E-state index is -4.72. The Morgan fingerprint density at radius 3 is 2.08 bits per heavy atom. The normalized spacial score (nSPS) is 29.4. The van der Waals surface area contributed by atoms with Crippen LogP contribution in [0.2, 0.25) is 0 Å². The van der Waals surface area contributed by atoms with Gasteiger partial charge < -0.3 is 4.90 Å². The second kappa shape index (κ2) is 8.49. The van der Waals surface area contributed by atoms with Crippen LogP contribution in [0.25, 0.3) is 16.9 Å². The molecule has 4 bridgehead atoms. The van der Waals surface area contributed by atoms with E-state index in [-0.39, 0.29) is 28.5 Å². The van der Waals surface area contributed by atoms with Crippen LogP contribution in [0, 0.1) is 23.6 Å². The Bertz CT molecular complexity index is 1360. The number of hydrogen-bond donors (Lipinski definition) is 0. The van der Waals surface area contributed by atoms with Gasteiger partial charge in [0.25, 0.3) is 5.91 Å². The summed E-state index contributed by atoms with van der Waals surface area (Å²) in [5.41, 5.74) is -0.512. The SMILES string of the molecule is O=C(c1cc2nc(-c3ccc(F)cc3)cc(C(F)(F)F)n2n1)N1CCN(C23CC4CC(CC(C4)C2)C3)CC1. The fourth-order valence-electron chi connectivity index (χ4n) is 8.05. The van der Waals surface area contributed by atoms with Crippen molar-refractivity contribution in [1.29, 1.82) is 0 Å². The van der Waals surface area contributed by atoms with Gasteiger partial charge >= 0.3 is 6.18 Å². The van der Waals surface area contributed by atoms with Gasteiger partial charge in [0.15, 0.2) is 17.0 Å². The number of fused-ring (bicyclic) bond motifs is 1. The number of alkyl halides is 3. The average Bonchev–Trinajstić information content (AvgIpc) is 3.31. The molecule has 1 aliphatic heterocycles. The van der Waals surface area contributed by atoms with Crippen LogP contribution >= 0.6 is 0 Å². The zero-order valence-corrected chi connectivity index (χ0v) is 20.9. The molecule has 0 N–H and O–H groups in total. The lowest BCUT2D eigenvalue weighted by molar-refractivity contribution is -0.142. The van der Waals surface area contributed by atoms with Gasteiger partial charge in [0.05, 0.1) is 5.69 Å². The number of nitrogens with zero attached hydrogens (tertiary/aromatic N) is 5. The zero-order valence-electron chi connectivity index (χ0n) is 20.9. The molecule has 10 heteroatoms. The number of halogens is 4. The number of piperazine rings is 1. The highest BCUT2D eigenvalue weighted by Gasteiger charge is 2.53. The smallest absolute Gasteiger partial charge is 0.335 e. The summed E-state index contributed by atoms with van der Waals surface area (Å²) in [7, 11) is 0. The topological polar surface area (TPSA) is 53.7 Å². The molecule has 8 rings (SSSR count). The molecule has 0 unspecified atom stereocenters. The Kier molecular flexibility index (Phi) is 5.38. The van der Waals surface area contributed by atoms with E-state index in [2.05, 4.69) is 15.0 Å². The van der Waals surface area contributed by atoms with Crippen LogP contribution in [0.5, 0.6) is 0 Å². The van der Waals surface area contributed by atoms with Crippen LogP contribution in [0.3, 0.4) is 0 Å². The number of aromatic nitrogens is 3. The highest BCUT2D eigenvalue weighted by Crippen LogP contribution is 2.57. The van der Waals surface area contributed by atoms with Gasteiger partial charge in [0.2, 0.25) is 0 Å². The first kappa shape index (κ1) is 24.1. The molecule has 0 radical (unpaired) electrons. The Morgan fingerprint density at radius 2 is 1.50 bits per heavy atom. The van der Waals surface area contributed by atoms with Crippen molar-refractivity contribution in [2.45, 2.75) is 50.2 Å². The molecule has 4 saturated carbocycles. The van der Waals surface area contributed by atoms with Crippen molar-refractivity contribution < 1.29 is 22.4 Å². The van der Waals surface area contributed by atoms with Crippen molar-refractivity contribution in [3.63, 3.8) is 0 Å². The number of carbonyl (C=O) groups is 1. The van der Waals surface area contributed by atoms with Gasteiger partial charge in [-0.2, -0.15) is 18.3 Å². The van der Waals surface area contributed by atoms with Crippen molar-refractivity contribution in [2.75, 3.05) is 26.2 Å². The molecule has 38 heavy (non-hydrogen) atoms. The third-order valence-electron chi connectivity index (χ3n) is 9.32. The summed E-state index contributed by atoms with van der Waals surface area (Å²) >= 11 is 0. The summed E-state index contributed by atoms with van der Waals surface area (Å²) < 4.78 is 55.9. The zero-order chi connectivity index (χ0) is 26.2. The molecule has 200 valence electrons. The summed E-state index contributed by atoms with van der Waals surface area (Å²) in [6.07, 6.45) is 3.21. The summed E-state index contributed by atoms with van der Waals surface area (Å²) in [6, 6.07) is 7.29. The van der Waals surface area contributed by atoms with Crippen molar-refractivity contribution in [3.8, 4) is 11.3 Å². The standard InChI is InChI=1S/C28H29F4N5O/c29-21-3-1-20(2-4-21)22-12-24(28(30,31)32)37-25(33-22)13-23(34-37)26(38)35-5-7-36(8-6-35)27-14-17-9-18(15-27)11-19(10-17)16-27/h1-4,12-13,17-19H,5-11,14-16H2. The van der Waals surface area contributed by atoms with E-state index in [0.717, 1.165) is 36.9 Å².